The molecule has 1 unspecified atom stereocenters. The summed E-state index contributed by atoms with van der Waals surface area (Å²) in [5.74, 6) is -2.46. The number of aliphatic hydroxyl groups is 1. The first kappa shape index (κ1) is 23.3. The lowest BCUT2D eigenvalue weighted by atomic mass is 9.66. The van der Waals surface area contributed by atoms with E-state index in [1.54, 1.807) is 0 Å². The molecule has 0 aromatic heterocycles. The number of hydrogen-bond acceptors (Lipinski definition) is 8. The van der Waals surface area contributed by atoms with E-state index >= 15 is 0 Å². The fourth-order valence-corrected chi connectivity index (χ4v) is 5.52. The summed E-state index contributed by atoms with van der Waals surface area (Å²) in [4.78, 5) is 25.5. The highest BCUT2D eigenvalue weighted by atomic mass is 28.4. The third-order valence-corrected chi connectivity index (χ3v) is 11.1. The molecule has 6 atom stereocenters. The van der Waals surface area contributed by atoms with Gasteiger partial charge in [0.25, 0.3) is 0 Å². The molecular formula is C19H34O8Si. The third-order valence-electron chi connectivity index (χ3n) is 6.58. The van der Waals surface area contributed by atoms with Gasteiger partial charge in [-0.15, -0.1) is 0 Å². The van der Waals surface area contributed by atoms with Gasteiger partial charge in [-0.25, -0.2) is 4.79 Å². The van der Waals surface area contributed by atoms with Crippen molar-refractivity contribution in [1.29, 1.82) is 0 Å². The van der Waals surface area contributed by atoms with Gasteiger partial charge < -0.3 is 28.5 Å². The summed E-state index contributed by atoms with van der Waals surface area (Å²) in [6.07, 6.45) is -2.19. The van der Waals surface area contributed by atoms with Crippen molar-refractivity contribution in [3.8, 4) is 0 Å². The second-order valence-electron chi connectivity index (χ2n) is 9.14. The zero-order chi connectivity index (χ0) is 21.5. The Morgan fingerprint density at radius 1 is 1.11 bits per heavy atom. The summed E-state index contributed by atoms with van der Waals surface area (Å²) in [5.41, 5.74) is -1.63. The first-order valence-electron chi connectivity index (χ1n) is 9.58. The van der Waals surface area contributed by atoms with Gasteiger partial charge in [0.1, 0.15) is 6.10 Å². The van der Waals surface area contributed by atoms with Gasteiger partial charge in [0.05, 0.1) is 26.2 Å². The Morgan fingerprint density at radius 2 is 1.71 bits per heavy atom. The molecule has 0 bridgehead atoms. The topological polar surface area (TPSA) is 101 Å². The van der Waals surface area contributed by atoms with E-state index in [2.05, 4.69) is 33.9 Å². The Hall–Kier alpha value is -1.00. The summed E-state index contributed by atoms with van der Waals surface area (Å²) < 4.78 is 28.1. The van der Waals surface area contributed by atoms with Crippen LogP contribution in [0.4, 0.5) is 0 Å². The Labute approximate surface area is 167 Å². The van der Waals surface area contributed by atoms with E-state index in [0.29, 0.717) is 6.42 Å². The van der Waals surface area contributed by atoms with E-state index < -0.39 is 56.2 Å². The Morgan fingerprint density at radius 3 is 2.18 bits per heavy atom. The highest BCUT2D eigenvalue weighted by molar-refractivity contribution is 6.74. The normalized spacial score (nSPS) is 36.0. The van der Waals surface area contributed by atoms with Crippen LogP contribution in [0.2, 0.25) is 18.1 Å². The van der Waals surface area contributed by atoms with Gasteiger partial charge >= 0.3 is 11.9 Å². The number of ether oxygens (including phenoxy) is 4. The van der Waals surface area contributed by atoms with Crippen molar-refractivity contribution in [2.24, 2.45) is 11.8 Å². The average Bonchev–Trinajstić information content (AvgIpc) is 2.96. The zero-order valence-corrected chi connectivity index (χ0v) is 19.1. The standard InChI is InChI=1S/C19H34O8Si/c1-18(2,3)28(7,8)27-13-9-11(16(21)24-5)12-10-14(20)26-19(12,15(13)23-4)17(22)25-6/h11-15,20H,9-10H2,1-8H3/t11-,12-,13+,14?,15-,19-/m0/s1. The molecule has 0 aromatic carbocycles. The fraction of sp³-hybridized carbons (Fsp3) is 0.895. The average molecular weight is 419 g/mol. The quantitative estimate of drug-likeness (QED) is 0.533. The number of carbonyl (C=O) groups is 2. The Balaban J connectivity index is 2.55. The molecular weight excluding hydrogens is 384 g/mol. The van der Waals surface area contributed by atoms with Gasteiger partial charge in [0.2, 0.25) is 0 Å². The van der Waals surface area contributed by atoms with E-state index in [4.69, 9.17) is 23.4 Å². The summed E-state index contributed by atoms with van der Waals surface area (Å²) in [7, 11) is 1.76. The second-order valence-corrected chi connectivity index (χ2v) is 13.9. The van der Waals surface area contributed by atoms with Gasteiger partial charge in [-0.3, -0.25) is 4.79 Å². The largest absolute Gasteiger partial charge is 0.469 e. The van der Waals surface area contributed by atoms with E-state index in [1.165, 1.54) is 21.3 Å². The molecule has 2 aliphatic rings. The first-order valence-corrected chi connectivity index (χ1v) is 12.5. The van der Waals surface area contributed by atoms with E-state index in [0.717, 1.165) is 0 Å². The van der Waals surface area contributed by atoms with Crippen LogP contribution in [0, 0.1) is 11.8 Å². The van der Waals surface area contributed by atoms with Crippen LogP contribution in [0.25, 0.3) is 0 Å². The lowest BCUT2D eigenvalue weighted by molar-refractivity contribution is -0.240. The maximum atomic E-state index is 12.9. The molecule has 28 heavy (non-hydrogen) atoms. The van der Waals surface area contributed by atoms with E-state index in [-0.39, 0.29) is 11.5 Å². The summed E-state index contributed by atoms with van der Waals surface area (Å²) in [6, 6.07) is 0. The molecule has 0 aromatic rings. The van der Waals surface area contributed by atoms with E-state index in [9.17, 15) is 14.7 Å². The number of methoxy groups -OCH3 is 3. The molecule has 1 N–H and O–H groups in total. The third kappa shape index (κ3) is 3.75. The van der Waals surface area contributed by atoms with Crippen LogP contribution in [0.3, 0.4) is 0 Å². The van der Waals surface area contributed by atoms with Crippen molar-refractivity contribution in [3.05, 3.63) is 0 Å². The van der Waals surface area contributed by atoms with Crippen LogP contribution in [0.15, 0.2) is 0 Å². The molecule has 1 aliphatic heterocycles. The molecule has 0 spiro atoms. The number of fused-ring (bicyclic) bond motifs is 1. The maximum Gasteiger partial charge on any atom is 0.341 e. The summed E-state index contributed by atoms with van der Waals surface area (Å²) in [5, 5.41) is 10.1. The summed E-state index contributed by atoms with van der Waals surface area (Å²) in [6.45, 7) is 10.5. The van der Waals surface area contributed by atoms with Gasteiger partial charge in [0, 0.05) is 19.4 Å². The van der Waals surface area contributed by atoms with Crippen LogP contribution < -0.4 is 0 Å². The fourth-order valence-electron chi connectivity index (χ4n) is 4.19. The minimum atomic E-state index is -2.27. The van der Waals surface area contributed by atoms with Crippen molar-refractivity contribution >= 4 is 20.3 Å². The molecule has 9 heteroatoms. The molecule has 1 heterocycles. The number of esters is 2. The van der Waals surface area contributed by atoms with Crippen molar-refractivity contribution in [2.75, 3.05) is 21.3 Å². The van der Waals surface area contributed by atoms with E-state index in [1.807, 2.05) is 0 Å². The van der Waals surface area contributed by atoms with Crippen molar-refractivity contribution in [2.45, 2.75) is 75.8 Å². The molecule has 8 nitrogen and oxygen atoms in total. The minimum Gasteiger partial charge on any atom is -0.469 e. The molecule has 162 valence electrons. The molecule has 1 saturated carbocycles. The number of rotatable bonds is 5. The number of aliphatic hydroxyl groups excluding tert-OH is 1. The monoisotopic (exact) mass is 418 g/mol. The van der Waals surface area contributed by atoms with Crippen LogP contribution in [0.1, 0.15) is 33.6 Å². The molecule has 2 fully saturated rings. The first-order chi connectivity index (χ1) is 12.9. The highest BCUT2D eigenvalue weighted by Gasteiger charge is 2.69. The van der Waals surface area contributed by atoms with Gasteiger partial charge in [-0.1, -0.05) is 20.8 Å². The zero-order valence-electron chi connectivity index (χ0n) is 18.1. The maximum absolute atomic E-state index is 12.9. The molecule has 1 saturated heterocycles. The van der Waals surface area contributed by atoms with Crippen molar-refractivity contribution in [1.82, 2.24) is 0 Å². The lowest BCUT2D eigenvalue weighted by Gasteiger charge is -2.50. The summed E-state index contributed by atoms with van der Waals surface area (Å²) >= 11 is 0. The molecule has 0 radical (unpaired) electrons. The molecule has 1 aliphatic carbocycles. The predicted molar refractivity (Wildman–Crippen MR) is 103 cm³/mol. The predicted octanol–water partition coefficient (Wildman–Crippen LogP) is 1.85. The lowest BCUT2D eigenvalue weighted by Crippen LogP contribution is -2.67. The Bertz CT molecular complexity index is 601. The van der Waals surface area contributed by atoms with Crippen molar-refractivity contribution in [3.63, 3.8) is 0 Å². The second kappa shape index (κ2) is 8.02. The number of hydrogen-bond donors (Lipinski definition) is 1. The smallest absolute Gasteiger partial charge is 0.341 e. The molecule has 2 rings (SSSR count). The van der Waals surface area contributed by atoms with Crippen LogP contribution in [-0.2, 0) is 33.0 Å². The van der Waals surface area contributed by atoms with Gasteiger partial charge in [-0.05, 0) is 24.6 Å². The van der Waals surface area contributed by atoms with Gasteiger partial charge in [0.15, 0.2) is 20.2 Å². The minimum absolute atomic E-state index is 0.0859. The Kier molecular flexibility index (Phi) is 6.67. The van der Waals surface area contributed by atoms with Crippen LogP contribution in [-0.4, -0.2) is 70.8 Å². The SMILES string of the molecule is COC(=O)[C@H]1C[C@@H](O[Si](C)(C)C(C)(C)C)[C@H](OC)[C@@]2(C(=O)OC)OC(O)C[C@@H]12. The van der Waals surface area contributed by atoms with Crippen molar-refractivity contribution < 1.29 is 38.1 Å². The number of carbonyl (C=O) groups excluding carboxylic acids is 2. The molecule has 0 amide bonds. The van der Waals surface area contributed by atoms with Crippen LogP contribution >= 0.6 is 0 Å². The van der Waals surface area contributed by atoms with Crippen LogP contribution in [0.5, 0.6) is 0 Å². The highest BCUT2D eigenvalue weighted by Crippen LogP contribution is 2.52. The van der Waals surface area contributed by atoms with Gasteiger partial charge in [-0.2, -0.15) is 0 Å².